The van der Waals surface area contributed by atoms with Gasteiger partial charge in [-0.05, 0) is 67.7 Å². The molecule has 0 saturated heterocycles. The molecule has 6 aromatic carbocycles. The van der Waals surface area contributed by atoms with Crippen LogP contribution in [0.15, 0.2) is 113 Å². The predicted molar refractivity (Wildman–Crippen MR) is 132 cm³/mol. The SMILES string of the molecule is [2H]c1c([2H])c([2H])c2c([2H])c3c(oc4cccc(-c5c6ccccc6cc6ccccc56)c43)c([2H])c2c1[2H]. The highest BCUT2D eigenvalue weighted by Crippen LogP contribution is 2.43. The number of fused-ring (bicyclic) bond motifs is 6. The van der Waals surface area contributed by atoms with E-state index < -0.39 is 12.1 Å². The molecule has 7 aromatic rings. The molecule has 0 radical (unpaired) electrons. The highest BCUT2D eigenvalue weighted by molar-refractivity contribution is 6.22. The lowest BCUT2D eigenvalue weighted by Crippen LogP contribution is -1.86. The summed E-state index contributed by atoms with van der Waals surface area (Å²) in [6, 6.07) is 22.4. The molecule has 0 unspecified atom stereocenters. The summed E-state index contributed by atoms with van der Waals surface area (Å²) in [4.78, 5) is 0. The summed E-state index contributed by atoms with van der Waals surface area (Å²) in [7, 11) is 0. The number of hydrogen-bond donors (Lipinski definition) is 0. The third kappa shape index (κ3) is 2.38. The van der Waals surface area contributed by atoms with Gasteiger partial charge in [-0.2, -0.15) is 0 Å². The van der Waals surface area contributed by atoms with Gasteiger partial charge in [-0.3, -0.25) is 0 Å². The molecule has 7 rings (SSSR count). The van der Waals surface area contributed by atoms with Crippen molar-refractivity contribution in [3.8, 4) is 11.1 Å². The van der Waals surface area contributed by atoms with Gasteiger partial charge in [-0.15, -0.1) is 0 Å². The van der Waals surface area contributed by atoms with Gasteiger partial charge in [0.15, 0.2) is 0 Å². The lowest BCUT2D eigenvalue weighted by molar-refractivity contribution is 0.669. The van der Waals surface area contributed by atoms with Gasteiger partial charge in [0.25, 0.3) is 0 Å². The molecule has 0 aliphatic rings. The Morgan fingerprint density at radius 1 is 0.581 bits per heavy atom. The van der Waals surface area contributed by atoms with Crippen molar-refractivity contribution in [3.05, 3.63) is 109 Å². The molecule has 0 aliphatic carbocycles. The molecule has 1 nitrogen and oxygen atoms in total. The molecule has 0 spiro atoms. The van der Waals surface area contributed by atoms with Crippen molar-refractivity contribution in [3.63, 3.8) is 0 Å². The molecule has 1 heteroatoms. The third-order valence-electron chi connectivity index (χ3n) is 5.93. The molecule has 1 heterocycles. The van der Waals surface area contributed by atoms with Crippen molar-refractivity contribution in [2.75, 3.05) is 0 Å². The average molecular weight is 401 g/mol. The molecule has 0 N–H and O–H groups in total. The van der Waals surface area contributed by atoms with Crippen LogP contribution in [0.4, 0.5) is 0 Å². The molecule has 0 bridgehead atoms. The standard InChI is InChI=1S/C30H18O/c1-2-9-20-18-28-26(17-19(20)8-1)30-25(14-7-15-27(30)31-28)29-23-12-5-3-10-21(23)16-22-11-4-6-13-24(22)29/h1-18H/i1D,2D,8D,9D,17D,18D. The molecule has 0 aliphatic heterocycles. The topological polar surface area (TPSA) is 13.1 Å². The summed E-state index contributed by atoms with van der Waals surface area (Å²) in [5.41, 5.74) is 2.48. The first-order chi connectivity index (χ1) is 17.9. The van der Waals surface area contributed by atoms with Crippen molar-refractivity contribution < 1.29 is 12.6 Å². The fourth-order valence-electron chi connectivity index (χ4n) is 4.61. The Kier molecular flexibility index (Phi) is 2.38. The molecule has 0 amide bonds. The van der Waals surface area contributed by atoms with Crippen molar-refractivity contribution in [1.29, 1.82) is 0 Å². The minimum absolute atomic E-state index is 0.000262. The Balaban J connectivity index is 1.75. The van der Waals surface area contributed by atoms with Crippen molar-refractivity contribution in [2.24, 2.45) is 0 Å². The van der Waals surface area contributed by atoms with Crippen LogP contribution in [-0.4, -0.2) is 0 Å². The first-order valence-electron chi connectivity index (χ1n) is 13.1. The second-order valence-electron chi connectivity index (χ2n) is 7.68. The third-order valence-corrected chi connectivity index (χ3v) is 5.93. The summed E-state index contributed by atoms with van der Waals surface area (Å²) in [6.45, 7) is 0. The fraction of sp³-hybridized carbons (Fsp3) is 0. The summed E-state index contributed by atoms with van der Waals surface area (Å²) < 4.78 is 57.3. The molecular formula is C30H18O. The summed E-state index contributed by atoms with van der Waals surface area (Å²) in [5, 5.41) is 5.31. The van der Waals surface area contributed by atoms with Gasteiger partial charge in [0.2, 0.25) is 0 Å². The number of benzene rings is 6. The number of hydrogen-bond acceptors (Lipinski definition) is 1. The van der Waals surface area contributed by atoms with E-state index in [1.807, 2.05) is 36.4 Å². The molecule has 0 saturated carbocycles. The van der Waals surface area contributed by atoms with Crippen LogP contribution >= 0.6 is 0 Å². The predicted octanol–water partition coefficient (Wildman–Crippen LogP) is 8.71. The highest BCUT2D eigenvalue weighted by atomic mass is 16.3. The van der Waals surface area contributed by atoms with Gasteiger partial charge in [-0.1, -0.05) is 84.8 Å². The van der Waals surface area contributed by atoms with E-state index >= 15 is 0 Å². The van der Waals surface area contributed by atoms with Crippen LogP contribution in [0.3, 0.4) is 0 Å². The van der Waals surface area contributed by atoms with E-state index in [0.29, 0.717) is 16.4 Å². The Morgan fingerprint density at radius 2 is 1.26 bits per heavy atom. The maximum absolute atomic E-state index is 9.13. The average Bonchev–Trinajstić information content (AvgIpc) is 3.32. The van der Waals surface area contributed by atoms with Crippen LogP contribution in [0.5, 0.6) is 0 Å². The molecule has 144 valence electrons. The highest BCUT2D eigenvalue weighted by Gasteiger charge is 2.17. The van der Waals surface area contributed by atoms with Gasteiger partial charge in [0.05, 0.1) is 8.22 Å². The van der Waals surface area contributed by atoms with Gasteiger partial charge in [0.1, 0.15) is 11.2 Å². The quantitative estimate of drug-likeness (QED) is 0.251. The zero-order valence-electron chi connectivity index (χ0n) is 22.3. The zero-order valence-corrected chi connectivity index (χ0v) is 16.3. The van der Waals surface area contributed by atoms with E-state index in [9.17, 15) is 0 Å². The van der Waals surface area contributed by atoms with Crippen LogP contribution < -0.4 is 0 Å². The van der Waals surface area contributed by atoms with E-state index in [1.54, 1.807) is 6.07 Å². The normalized spacial score (nSPS) is 14.6. The maximum Gasteiger partial charge on any atom is 0.136 e. The van der Waals surface area contributed by atoms with Gasteiger partial charge < -0.3 is 4.42 Å². The van der Waals surface area contributed by atoms with Crippen LogP contribution in [0, 0.1) is 0 Å². The first-order valence-corrected chi connectivity index (χ1v) is 10.1. The smallest absolute Gasteiger partial charge is 0.136 e. The Morgan fingerprint density at radius 3 is 2.00 bits per heavy atom. The zero-order chi connectivity index (χ0) is 25.6. The Bertz CT molecular complexity index is 2050. The fourth-order valence-corrected chi connectivity index (χ4v) is 4.61. The number of furan rings is 1. The largest absolute Gasteiger partial charge is 0.456 e. The maximum atomic E-state index is 9.13. The van der Waals surface area contributed by atoms with Gasteiger partial charge in [0, 0.05) is 10.8 Å². The van der Waals surface area contributed by atoms with E-state index in [2.05, 4.69) is 30.3 Å². The van der Waals surface area contributed by atoms with E-state index in [-0.39, 0.29) is 40.5 Å². The molecular weight excluding hydrogens is 376 g/mol. The monoisotopic (exact) mass is 400 g/mol. The summed E-state index contributed by atoms with van der Waals surface area (Å²) >= 11 is 0. The minimum Gasteiger partial charge on any atom is -0.456 e. The summed E-state index contributed by atoms with van der Waals surface area (Å²) in [5.74, 6) is 0. The van der Waals surface area contributed by atoms with Crippen molar-refractivity contribution in [1.82, 2.24) is 0 Å². The molecule has 0 fully saturated rings. The lowest BCUT2D eigenvalue weighted by atomic mass is 9.90. The van der Waals surface area contributed by atoms with E-state index in [4.69, 9.17) is 12.6 Å². The van der Waals surface area contributed by atoms with Crippen molar-refractivity contribution >= 4 is 54.3 Å². The second kappa shape index (κ2) is 6.20. The molecule has 1 aromatic heterocycles. The first kappa shape index (κ1) is 11.9. The summed E-state index contributed by atoms with van der Waals surface area (Å²) in [6.07, 6.45) is 0. The van der Waals surface area contributed by atoms with Gasteiger partial charge in [-0.25, -0.2) is 0 Å². The molecule has 0 atom stereocenters. The van der Waals surface area contributed by atoms with Crippen LogP contribution in [0.2, 0.25) is 0 Å². The van der Waals surface area contributed by atoms with Crippen LogP contribution in [0.1, 0.15) is 8.22 Å². The van der Waals surface area contributed by atoms with Gasteiger partial charge >= 0.3 is 0 Å². The second-order valence-corrected chi connectivity index (χ2v) is 7.68. The van der Waals surface area contributed by atoms with Crippen LogP contribution in [0.25, 0.3) is 65.4 Å². The van der Waals surface area contributed by atoms with Crippen molar-refractivity contribution in [2.45, 2.75) is 0 Å². The lowest BCUT2D eigenvalue weighted by Gasteiger charge is -2.13. The molecule has 31 heavy (non-hydrogen) atoms. The van der Waals surface area contributed by atoms with Crippen LogP contribution in [-0.2, 0) is 0 Å². The Hall–Kier alpha value is -4.10. The number of rotatable bonds is 1. The minimum atomic E-state index is -0.427. The Labute approximate surface area is 187 Å². The van der Waals surface area contributed by atoms with E-state index in [0.717, 1.165) is 32.7 Å². The van der Waals surface area contributed by atoms with E-state index in [1.165, 1.54) is 0 Å².